The number of carbonyl (C=O) groups excluding carboxylic acids is 2. The Morgan fingerprint density at radius 1 is 1.20 bits per heavy atom. The van der Waals surface area contributed by atoms with Crippen molar-refractivity contribution in [1.29, 1.82) is 0 Å². The number of rotatable bonds is 4. The number of ether oxygens (including phenoxy) is 2. The van der Waals surface area contributed by atoms with Crippen LogP contribution in [0.3, 0.4) is 0 Å². The molecule has 1 amide bonds. The molecule has 110 valence electrons. The number of carbonyl (C=O) groups is 2. The lowest BCUT2D eigenvalue weighted by molar-refractivity contribution is -0.141. The molecule has 0 heterocycles. The average Bonchev–Trinajstić information content (AvgIpc) is 2.36. The Morgan fingerprint density at radius 3 is 2.30 bits per heavy atom. The molecule has 0 spiro atoms. The average molecular weight is 279 g/mol. The van der Waals surface area contributed by atoms with Crippen LogP contribution in [0.25, 0.3) is 0 Å². The van der Waals surface area contributed by atoms with E-state index in [9.17, 15) is 9.59 Å². The Labute approximate surface area is 119 Å². The van der Waals surface area contributed by atoms with Gasteiger partial charge in [-0.3, -0.25) is 4.79 Å². The van der Waals surface area contributed by atoms with E-state index in [1.165, 1.54) is 7.11 Å². The highest BCUT2D eigenvalue weighted by Crippen LogP contribution is 2.18. The number of methoxy groups -OCH3 is 1. The number of esters is 1. The van der Waals surface area contributed by atoms with Gasteiger partial charge in [0.05, 0.1) is 19.6 Å². The predicted octanol–water partition coefficient (Wildman–Crippen LogP) is 2.82. The number of amides is 1. The maximum atomic E-state index is 11.8. The minimum atomic E-state index is -0.587. The lowest BCUT2D eigenvalue weighted by Gasteiger charge is -2.23. The third-order valence-corrected chi connectivity index (χ3v) is 2.49. The molecule has 0 saturated heterocycles. The predicted molar refractivity (Wildman–Crippen MR) is 75.2 cm³/mol. The highest BCUT2D eigenvalue weighted by molar-refractivity contribution is 5.73. The molecule has 0 saturated carbocycles. The van der Waals surface area contributed by atoms with Crippen molar-refractivity contribution in [3.05, 3.63) is 35.9 Å². The number of alkyl carbamates (subject to hydrolysis) is 1. The summed E-state index contributed by atoms with van der Waals surface area (Å²) in [6.07, 6.45) is -0.505. The quantitative estimate of drug-likeness (QED) is 0.861. The van der Waals surface area contributed by atoms with Crippen molar-refractivity contribution in [2.75, 3.05) is 7.11 Å². The van der Waals surface area contributed by atoms with Crippen molar-refractivity contribution in [2.24, 2.45) is 0 Å². The Balaban J connectivity index is 2.78. The summed E-state index contributed by atoms with van der Waals surface area (Å²) >= 11 is 0. The van der Waals surface area contributed by atoms with Crippen LogP contribution in [-0.4, -0.2) is 24.8 Å². The van der Waals surface area contributed by atoms with Crippen LogP contribution in [0.2, 0.25) is 0 Å². The highest BCUT2D eigenvalue weighted by Gasteiger charge is 2.22. The Bertz CT molecular complexity index is 451. The molecule has 0 bridgehead atoms. The Morgan fingerprint density at radius 2 is 1.80 bits per heavy atom. The van der Waals surface area contributed by atoms with E-state index in [-0.39, 0.29) is 6.42 Å². The number of benzene rings is 1. The van der Waals surface area contributed by atoms with E-state index in [2.05, 4.69) is 10.1 Å². The lowest BCUT2D eigenvalue weighted by Crippen LogP contribution is -2.35. The van der Waals surface area contributed by atoms with Crippen LogP contribution in [0.15, 0.2) is 30.3 Å². The van der Waals surface area contributed by atoms with Crippen molar-refractivity contribution >= 4 is 12.1 Å². The summed E-state index contributed by atoms with van der Waals surface area (Å²) in [5.74, 6) is -0.394. The van der Waals surface area contributed by atoms with Gasteiger partial charge < -0.3 is 14.8 Å². The van der Waals surface area contributed by atoms with Gasteiger partial charge in [0.2, 0.25) is 0 Å². The first-order valence-corrected chi connectivity index (χ1v) is 6.43. The third kappa shape index (κ3) is 5.73. The number of hydrogen-bond acceptors (Lipinski definition) is 4. The zero-order valence-corrected chi connectivity index (χ0v) is 12.3. The molecule has 5 nitrogen and oxygen atoms in total. The molecule has 0 aliphatic heterocycles. The molecule has 1 rings (SSSR count). The smallest absolute Gasteiger partial charge is 0.408 e. The van der Waals surface area contributed by atoms with Crippen LogP contribution in [0.1, 0.15) is 38.8 Å². The van der Waals surface area contributed by atoms with E-state index in [1.54, 1.807) is 20.8 Å². The van der Waals surface area contributed by atoms with E-state index in [0.717, 1.165) is 5.56 Å². The molecule has 0 aromatic heterocycles. The minimum absolute atomic E-state index is 0.0553. The molecule has 1 N–H and O–H groups in total. The van der Waals surface area contributed by atoms with E-state index < -0.39 is 23.7 Å². The standard InChI is InChI=1S/C15H21NO4/c1-15(2,3)20-14(18)16-12(10-13(17)19-4)11-8-6-5-7-9-11/h5-9,12H,10H2,1-4H3,(H,16,18)/t12-/m1/s1. The van der Waals surface area contributed by atoms with Gasteiger partial charge in [-0.15, -0.1) is 0 Å². The fraction of sp³-hybridized carbons (Fsp3) is 0.467. The third-order valence-electron chi connectivity index (χ3n) is 2.49. The van der Waals surface area contributed by atoms with Gasteiger partial charge in [-0.05, 0) is 26.3 Å². The first-order chi connectivity index (χ1) is 9.31. The molecule has 0 unspecified atom stereocenters. The topological polar surface area (TPSA) is 64.6 Å². The minimum Gasteiger partial charge on any atom is -0.469 e. The van der Waals surface area contributed by atoms with E-state index >= 15 is 0 Å². The second kappa shape index (κ2) is 6.93. The molecule has 1 atom stereocenters. The molecular weight excluding hydrogens is 258 g/mol. The van der Waals surface area contributed by atoms with E-state index in [1.807, 2.05) is 30.3 Å². The van der Waals surface area contributed by atoms with E-state index in [4.69, 9.17) is 4.74 Å². The molecule has 1 aromatic rings. The fourth-order valence-electron chi connectivity index (χ4n) is 1.64. The fourth-order valence-corrected chi connectivity index (χ4v) is 1.64. The number of hydrogen-bond donors (Lipinski definition) is 1. The monoisotopic (exact) mass is 279 g/mol. The van der Waals surface area contributed by atoms with Gasteiger partial charge in [0.1, 0.15) is 5.60 Å². The first kappa shape index (κ1) is 16.0. The maximum absolute atomic E-state index is 11.8. The molecule has 0 radical (unpaired) electrons. The SMILES string of the molecule is COC(=O)C[C@@H](NC(=O)OC(C)(C)C)c1ccccc1. The second-order valence-corrected chi connectivity index (χ2v) is 5.39. The lowest BCUT2D eigenvalue weighted by atomic mass is 10.0. The highest BCUT2D eigenvalue weighted by atomic mass is 16.6. The van der Waals surface area contributed by atoms with Crippen LogP contribution >= 0.6 is 0 Å². The largest absolute Gasteiger partial charge is 0.469 e. The van der Waals surface area contributed by atoms with Crippen LogP contribution in [0, 0.1) is 0 Å². The van der Waals surface area contributed by atoms with Gasteiger partial charge in [-0.1, -0.05) is 30.3 Å². The van der Waals surface area contributed by atoms with E-state index in [0.29, 0.717) is 0 Å². The van der Waals surface area contributed by atoms with Crippen molar-refractivity contribution in [3.63, 3.8) is 0 Å². The Kier molecular flexibility index (Phi) is 5.55. The van der Waals surface area contributed by atoms with Gasteiger partial charge in [-0.2, -0.15) is 0 Å². The zero-order valence-electron chi connectivity index (χ0n) is 12.3. The molecular formula is C15H21NO4. The van der Waals surface area contributed by atoms with Gasteiger partial charge in [0.15, 0.2) is 0 Å². The molecule has 0 aliphatic rings. The van der Waals surface area contributed by atoms with Crippen LogP contribution in [0.4, 0.5) is 4.79 Å². The second-order valence-electron chi connectivity index (χ2n) is 5.39. The van der Waals surface area contributed by atoms with Crippen LogP contribution in [-0.2, 0) is 14.3 Å². The first-order valence-electron chi connectivity index (χ1n) is 6.43. The maximum Gasteiger partial charge on any atom is 0.408 e. The van der Waals surface area contributed by atoms with Gasteiger partial charge >= 0.3 is 12.1 Å². The molecule has 20 heavy (non-hydrogen) atoms. The van der Waals surface area contributed by atoms with Crippen molar-refractivity contribution in [1.82, 2.24) is 5.32 Å². The van der Waals surface area contributed by atoms with Crippen molar-refractivity contribution in [2.45, 2.75) is 38.8 Å². The molecule has 0 aliphatic carbocycles. The van der Waals surface area contributed by atoms with Crippen LogP contribution < -0.4 is 5.32 Å². The normalized spacial score (nSPS) is 12.4. The summed E-state index contributed by atoms with van der Waals surface area (Å²) in [5, 5.41) is 2.69. The number of nitrogens with one attached hydrogen (secondary N) is 1. The van der Waals surface area contributed by atoms with Crippen molar-refractivity contribution < 1.29 is 19.1 Å². The van der Waals surface area contributed by atoms with Crippen LogP contribution in [0.5, 0.6) is 0 Å². The Hall–Kier alpha value is -2.04. The van der Waals surface area contributed by atoms with Gasteiger partial charge in [0.25, 0.3) is 0 Å². The summed E-state index contributed by atoms with van der Waals surface area (Å²) in [4.78, 5) is 23.3. The summed E-state index contributed by atoms with van der Waals surface area (Å²) in [7, 11) is 1.32. The van der Waals surface area contributed by atoms with Crippen molar-refractivity contribution in [3.8, 4) is 0 Å². The van der Waals surface area contributed by atoms with Gasteiger partial charge in [-0.25, -0.2) is 4.79 Å². The molecule has 0 fully saturated rings. The summed E-state index contributed by atoms with van der Waals surface area (Å²) in [5.41, 5.74) is 0.236. The molecule has 1 aromatic carbocycles. The van der Waals surface area contributed by atoms with Gasteiger partial charge in [0, 0.05) is 0 Å². The summed E-state index contributed by atoms with van der Waals surface area (Å²) < 4.78 is 9.86. The zero-order chi connectivity index (χ0) is 15.2. The summed E-state index contributed by atoms with van der Waals surface area (Å²) in [6.45, 7) is 5.35. The molecule has 5 heteroatoms. The summed E-state index contributed by atoms with van der Waals surface area (Å²) in [6, 6.07) is 8.76.